The van der Waals surface area contributed by atoms with Gasteiger partial charge < -0.3 is 9.47 Å². The molecule has 0 fully saturated rings. The number of rotatable bonds is 4. The molecule has 0 N–H and O–H groups in total. The Bertz CT molecular complexity index is 290. The molecular weight excluding hydrogens is 460 g/mol. The molecular formula is C9H10Br4O2. The predicted octanol–water partition coefficient (Wildman–Crippen LogP) is 4.77. The van der Waals surface area contributed by atoms with Crippen LogP contribution in [0.15, 0.2) is 17.9 Å². The van der Waals surface area contributed by atoms with Crippen molar-refractivity contribution in [3.8, 4) is 0 Å². The van der Waals surface area contributed by atoms with Crippen LogP contribution < -0.4 is 0 Å². The first-order chi connectivity index (χ1) is 7.01. The van der Waals surface area contributed by atoms with Gasteiger partial charge in [0, 0.05) is 22.2 Å². The Balaban J connectivity index is 3.19. The lowest BCUT2D eigenvalue weighted by atomic mass is 10.3. The number of ether oxygens (including phenoxy) is 2. The molecule has 0 aromatic heterocycles. The number of allylic oxidation sites excluding steroid dienone is 2. The summed E-state index contributed by atoms with van der Waals surface area (Å²) in [6, 6.07) is 0. The van der Waals surface area contributed by atoms with Crippen molar-refractivity contribution in [2.45, 2.75) is 19.6 Å². The molecule has 0 radical (unpaired) electrons. The van der Waals surface area contributed by atoms with Gasteiger partial charge in [0.15, 0.2) is 0 Å². The van der Waals surface area contributed by atoms with Crippen molar-refractivity contribution in [2.24, 2.45) is 0 Å². The Labute approximate surface area is 123 Å². The van der Waals surface area contributed by atoms with Crippen LogP contribution in [-0.2, 0) is 9.47 Å². The predicted molar refractivity (Wildman–Crippen MR) is 75.7 cm³/mol. The van der Waals surface area contributed by atoms with Crippen LogP contribution in [0.25, 0.3) is 0 Å². The second kappa shape index (κ2) is 5.78. The van der Waals surface area contributed by atoms with E-state index in [1.165, 1.54) is 0 Å². The zero-order valence-electron chi connectivity index (χ0n) is 8.24. The largest absolute Gasteiger partial charge is 0.342 e. The first-order valence-corrected chi connectivity index (χ1v) is 7.58. The summed E-state index contributed by atoms with van der Waals surface area (Å²) in [5, 5.41) is 0. The van der Waals surface area contributed by atoms with Crippen molar-refractivity contribution in [3.63, 3.8) is 0 Å². The minimum absolute atomic E-state index is 0.560. The number of hydrogen-bond acceptors (Lipinski definition) is 2. The van der Waals surface area contributed by atoms with E-state index in [-0.39, 0.29) is 0 Å². The van der Waals surface area contributed by atoms with Gasteiger partial charge in [-0.15, -0.1) is 0 Å². The van der Waals surface area contributed by atoms with Crippen molar-refractivity contribution >= 4 is 63.7 Å². The van der Waals surface area contributed by atoms with Gasteiger partial charge in [-0.2, -0.15) is 0 Å². The normalized spacial score (nSPS) is 20.4. The van der Waals surface area contributed by atoms with E-state index >= 15 is 0 Å². The maximum Gasteiger partial charge on any atom is 0.238 e. The van der Waals surface area contributed by atoms with Crippen molar-refractivity contribution in [3.05, 3.63) is 17.9 Å². The van der Waals surface area contributed by atoms with Gasteiger partial charge in [0.2, 0.25) is 5.79 Å². The van der Waals surface area contributed by atoms with Gasteiger partial charge in [-0.3, -0.25) is 0 Å². The fourth-order valence-corrected chi connectivity index (χ4v) is 4.25. The van der Waals surface area contributed by atoms with Crippen LogP contribution in [0.2, 0.25) is 0 Å². The van der Waals surface area contributed by atoms with E-state index in [9.17, 15) is 0 Å². The number of halogens is 4. The second-order valence-corrected chi connectivity index (χ2v) is 5.91. The summed E-state index contributed by atoms with van der Waals surface area (Å²) >= 11 is 13.9. The first kappa shape index (κ1) is 14.4. The van der Waals surface area contributed by atoms with Crippen LogP contribution in [0.4, 0.5) is 0 Å². The molecule has 1 rings (SSSR count). The number of hydrogen-bond donors (Lipinski definition) is 0. The molecule has 0 aromatic rings. The van der Waals surface area contributed by atoms with Crippen molar-refractivity contribution in [1.29, 1.82) is 0 Å². The highest BCUT2D eigenvalue weighted by molar-refractivity contribution is 9.17. The van der Waals surface area contributed by atoms with E-state index in [1.54, 1.807) is 0 Å². The first-order valence-electron chi connectivity index (χ1n) is 4.41. The van der Waals surface area contributed by atoms with E-state index in [2.05, 4.69) is 63.7 Å². The Morgan fingerprint density at radius 1 is 0.867 bits per heavy atom. The summed E-state index contributed by atoms with van der Waals surface area (Å²) in [6.45, 7) is 4.98. The lowest BCUT2D eigenvalue weighted by Crippen LogP contribution is -2.35. The van der Waals surface area contributed by atoms with E-state index in [0.717, 1.165) is 17.9 Å². The summed E-state index contributed by atoms with van der Waals surface area (Å²) < 4.78 is 14.9. The van der Waals surface area contributed by atoms with Gasteiger partial charge in [0.25, 0.3) is 0 Å². The Morgan fingerprint density at radius 2 is 1.20 bits per heavy atom. The van der Waals surface area contributed by atoms with Gasteiger partial charge in [-0.1, -0.05) is 0 Å². The summed E-state index contributed by atoms with van der Waals surface area (Å²) in [5.41, 5.74) is 0. The molecule has 2 nitrogen and oxygen atoms in total. The minimum Gasteiger partial charge on any atom is -0.342 e. The zero-order valence-corrected chi connectivity index (χ0v) is 14.6. The molecule has 0 spiro atoms. The summed E-state index contributed by atoms with van der Waals surface area (Å²) in [5.74, 6) is -0.846. The SMILES string of the molecule is CCOC1(OCC)C(Br)=C(Br)C(Br)=C1Br. The van der Waals surface area contributed by atoms with Gasteiger partial charge in [0.1, 0.15) is 0 Å². The highest BCUT2D eigenvalue weighted by Gasteiger charge is 2.46. The molecule has 15 heavy (non-hydrogen) atoms. The zero-order chi connectivity index (χ0) is 11.6. The molecule has 86 valence electrons. The van der Waals surface area contributed by atoms with Crippen LogP contribution in [0.1, 0.15) is 13.8 Å². The molecule has 0 heterocycles. The molecule has 0 amide bonds. The summed E-state index contributed by atoms with van der Waals surface area (Å²) in [7, 11) is 0. The molecule has 0 bridgehead atoms. The van der Waals surface area contributed by atoms with Crippen molar-refractivity contribution in [2.75, 3.05) is 13.2 Å². The van der Waals surface area contributed by atoms with E-state index in [1.807, 2.05) is 13.8 Å². The fourth-order valence-electron chi connectivity index (χ4n) is 1.28. The highest BCUT2D eigenvalue weighted by Crippen LogP contribution is 2.53. The molecule has 0 unspecified atom stereocenters. The van der Waals surface area contributed by atoms with Crippen LogP contribution >= 0.6 is 63.7 Å². The molecule has 6 heteroatoms. The van der Waals surface area contributed by atoms with Crippen molar-refractivity contribution in [1.82, 2.24) is 0 Å². The molecule has 1 aliphatic rings. The van der Waals surface area contributed by atoms with Crippen LogP contribution in [-0.4, -0.2) is 19.0 Å². The summed E-state index contributed by atoms with van der Waals surface area (Å²) in [4.78, 5) is 0. The monoisotopic (exact) mass is 466 g/mol. The fraction of sp³-hybridized carbons (Fsp3) is 0.556. The third kappa shape index (κ3) is 2.45. The molecule has 1 aliphatic carbocycles. The third-order valence-corrected chi connectivity index (χ3v) is 6.87. The topological polar surface area (TPSA) is 18.5 Å². The smallest absolute Gasteiger partial charge is 0.238 e. The maximum atomic E-state index is 5.70. The standard InChI is InChI=1S/C9H10Br4O2/c1-3-14-9(15-4-2)7(12)5(10)6(11)8(9)13/h3-4H2,1-2H3. The van der Waals surface area contributed by atoms with Crippen LogP contribution in [0.5, 0.6) is 0 Å². The lowest BCUT2D eigenvalue weighted by molar-refractivity contribution is -0.168. The third-order valence-electron chi connectivity index (χ3n) is 1.85. The lowest BCUT2D eigenvalue weighted by Gasteiger charge is -2.30. The van der Waals surface area contributed by atoms with Gasteiger partial charge in [-0.25, -0.2) is 0 Å². The Hall–Kier alpha value is 1.32. The van der Waals surface area contributed by atoms with E-state index in [4.69, 9.17) is 9.47 Å². The van der Waals surface area contributed by atoms with Gasteiger partial charge in [-0.05, 0) is 77.6 Å². The van der Waals surface area contributed by atoms with Gasteiger partial charge in [0.05, 0.1) is 8.96 Å². The van der Waals surface area contributed by atoms with E-state index < -0.39 is 5.79 Å². The molecule has 0 aromatic carbocycles. The van der Waals surface area contributed by atoms with Crippen LogP contribution in [0.3, 0.4) is 0 Å². The quantitative estimate of drug-likeness (QED) is 0.552. The molecule has 0 aliphatic heterocycles. The highest BCUT2D eigenvalue weighted by atomic mass is 79.9. The van der Waals surface area contributed by atoms with E-state index in [0.29, 0.717) is 13.2 Å². The second-order valence-electron chi connectivity index (χ2n) is 2.74. The van der Waals surface area contributed by atoms with Crippen LogP contribution in [0, 0.1) is 0 Å². The Kier molecular flexibility index (Phi) is 5.54. The summed E-state index contributed by atoms with van der Waals surface area (Å²) in [6.07, 6.45) is 0. The molecule has 0 atom stereocenters. The molecule has 0 saturated carbocycles. The maximum absolute atomic E-state index is 5.70. The molecule has 0 saturated heterocycles. The van der Waals surface area contributed by atoms with Gasteiger partial charge >= 0.3 is 0 Å². The van der Waals surface area contributed by atoms with Crippen molar-refractivity contribution < 1.29 is 9.47 Å². The Morgan fingerprint density at radius 3 is 1.47 bits per heavy atom. The average Bonchev–Trinajstić information content (AvgIpc) is 2.36. The minimum atomic E-state index is -0.846. The average molecular weight is 470 g/mol.